The maximum atomic E-state index is 12.4. The molecular formula is C24H38N2O6. The van der Waals surface area contributed by atoms with E-state index in [1.807, 2.05) is 5.43 Å². The van der Waals surface area contributed by atoms with Crippen LogP contribution in [0, 0.1) is 10.1 Å². The van der Waals surface area contributed by atoms with Gasteiger partial charge in [0.05, 0.1) is 24.3 Å². The number of nitro groups is 1. The maximum Gasteiger partial charge on any atom is 0.340 e. The molecule has 0 aliphatic rings. The Labute approximate surface area is 191 Å². The molecule has 0 spiro atoms. The van der Waals surface area contributed by atoms with E-state index in [0.717, 1.165) is 44.9 Å². The van der Waals surface area contributed by atoms with Crippen LogP contribution < -0.4 is 5.43 Å². The molecule has 0 unspecified atom stereocenters. The monoisotopic (exact) mass is 450 g/mol. The number of hydrogen-bond donors (Lipinski definition) is 1. The van der Waals surface area contributed by atoms with E-state index >= 15 is 0 Å². The molecule has 0 radical (unpaired) electrons. The zero-order chi connectivity index (χ0) is 23.6. The summed E-state index contributed by atoms with van der Waals surface area (Å²) in [5.74, 6) is -1.23. The van der Waals surface area contributed by atoms with Crippen molar-refractivity contribution >= 4 is 17.6 Å². The molecule has 0 saturated heterocycles. The fourth-order valence-corrected chi connectivity index (χ4v) is 3.30. The Morgan fingerprint density at radius 3 is 1.84 bits per heavy atom. The molecule has 0 aliphatic heterocycles. The summed E-state index contributed by atoms with van der Waals surface area (Å²) in [6, 6.07) is 4.04. The van der Waals surface area contributed by atoms with Gasteiger partial charge in [-0.2, -0.15) is 0 Å². The highest BCUT2D eigenvalue weighted by molar-refractivity contribution is 5.98. The number of esters is 2. The number of ether oxygens (including phenoxy) is 2. The van der Waals surface area contributed by atoms with Gasteiger partial charge in [-0.25, -0.2) is 19.7 Å². The summed E-state index contributed by atoms with van der Waals surface area (Å²) in [5, 5.41) is 10.2. The van der Waals surface area contributed by atoms with Gasteiger partial charge in [0.2, 0.25) is 0 Å². The van der Waals surface area contributed by atoms with E-state index in [1.165, 1.54) is 50.3 Å². The Morgan fingerprint density at radius 1 is 0.812 bits per heavy atom. The molecule has 8 heteroatoms. The smallest absolute Gasteiger partial charge is 0.340 e. The first-order valence-electron chi connectivity index (χ1n) is 11.9. The molecule has 8 nitrogen and oxygen atoms in total. The number of nitrogens with one attached hydrogen (secondary N) is 1. The highest BCUT2D eigenvalue weighted by Crippen LogP contribution is 2.20. The van der Waals surface area contributed by atoms with Gasteiger partial charge in [0.25, 0.3) is 0 Å². The van der Waals surface area contributed by atoms with Gasteiger partial charge in [0.1, 0.15) is 5.69 Å². The van der Waals surface area contributed by atoms with E-state index in [9.17, 15) is 19.7 Å². The molecule has 1 aromatic rings. The number of nitrogens with zero attached hydrogens (tertiary/aromatic N) is 1. The number of carbonyl (C=O) groups is 2. The number of rotatable bonds is 18. The molecular weight excluding hydrogens is 412 g/mol. The van der Waals surface area contributed by atoms with E-state index in [2.05, 4.69) is 13.8 Å². The van der Waals surface area contributed by atoms with Crippen molar-refractivity contribution in [1.29, 1.82) is 0 Å². The summed E-state index contributed by atoms with van der Waals surface area (Å²) >= 11 is 0. The number of benzene rings is 1. The summed E-state index contributed by atoms with van der Waals surface area (Å²) in [4.78, 5) is 35.6. The summed E-state index contributed by atoms with van der Waals surface area (Å²) < 4.78 is 10.5. The minimum Gasteiger partial charge on any atom is -0.462 e. The molecule has 0 aliphatic carbocycles. The third-order valence-corrected chi connectivity index (χ3v) is 5.15. The largest absolute Gasteiger partial charge is 0.462 e. The lowest BCUT2D eigenvalue weighted by Gasteiger charge is -2.10. The average Bonchev–Trinajstić information content (AvgIpc) is 2.77. The number of hydrazine groups is 1. The minimum atomic E-state index is -0.773. The first-order chi connectivity index (χ1) is 15.5. The maximum absolute atomic E-state index is 12.4. The topological polar surface area (TPSA) is 108 Å². The van der Waals surface area contributed by atoms with Crippen molar-refractivity contribution in [3.05, 3.63) is 39.4 Å². The first kappa shape index (κ1) is 27.4. The van der Waals surface area contributed by atoms with Crippen LogP contribution in [0.4, 0.5) is 5.69 Å². The SMILES string of the molecule is CCCCCCCCOC(=O)c1ccc(C(=O)OCCCCCCCC)c(N[N+](=O)[O-])c1. The van der Waals surface area contributed by atoms with Crippen LogP contribution >= 0.6 is 0 Å². The van der Waals surface area contributed by atoms with Gasteiger partial charge in [-0.05, 0) is 31.0 Å². The van der Waals surface area contributed by atoms with Crippen LogP contribution in [-0.2, 0) is 9.47 Å². The minimum absolute atomic E-state index is 0.0140. The Hall–Kier alpha value is -2.64. The van der Waals surface area contributed by atoms with E-state index in [4.69, 9.17) is 9.47 Å². The zero-order valence-electron chi connectivity index (χ0n) is 19.5. The highest BCUT2D eigenvalue weighted by atomic mass is 16.7. The summed E-state index contributed by atoms with van der Waals surface area (Å²) in [7, 11) is 0. The summed E-state index contributed by atoms with van der Waals surface area (Å²) in [5.41, 5.74) is 2.06. The molecule has 0 amide bonds. The van der Waals surface area contributed by atoms with Crippen molar-refractivity contribution in [2.75, 3.05) is 18.6 Å². The molecule has 32 heavy (non-hydrogen) atoms. The van der Waals surface area contributed by atoms with Crippen molar-refractivity contribution in [3.8, 4) is 0 Å². The molecule has 0 aromatic heterocycles. The van der Waals surface area contributed by atoms with Crippen LogP contribution in [0.2, 0.25) is 0 Å². The van der Waals surface area contributed by atoms with Gasteiger partial charge >= 0.3 is 11.9 Å². The predicted octanol–water partition coefficient (Wildman–Crippen LogP) is 6.32. The molecule has 0 bridgehead atoms. The van der Waals surface area contributed by atoms with E-state index < -0.39 is 17.0 Å². The van der Waals surface area contributed by atoms with E-state index in [-0.39, 0.29) is 23.4 Å². The van der Waals surface area contributed by atoms with Gasteiger partial charge in [0.15, 0.2) is 5.03 Å². The molecule has 0 heterocycles. The fraction of sp³-hybridized carbons (Fsp3) is 0.667. The van der Waals surface area contributed by atoms with Crippen LogP contribution in [-0.4, -0.2) is 30.2 Å². The lowest BCUT2D eigenvalue weighted by molar-refractivity contribution is -0.445. The lowest BCUT2D eigenvalue weighted by Crippen LogP contribution is -2.16. The quantitative estimate of drug-likeness (QED) is 0.121. The van der Waals surface area contributed by atoms with Crippen molar-refractivity contribution in [2.45, 2.75) is 90.9 Å². The van der Waals surface area contributed by atoms with Crippen LogP contribution in [0.5, 0.6) is 0 Å². The average molecular weight is 451 g/mol. The number of carbonyl (C=O) groups excluding carboxylic acids is 2. The Bertz CT molecular complexity index is 708. The summed E-state index contributed by atoms with van der Waals surface area (Å²) in [6.45, 7) is 4.86. The summed E-state index contributed by atoms with van der Waals surface area (Å²) in [6.07, 6.45) is 12.8. The van der Waals surface area contributed by atoms with Gasteiger partial charge < -0.3 is 9.47 Å². The molecule has 0 saturated carbocycles. The van der Waals surface area contributed by atoms with Crippen LogP contribution in [0.15, 0.2) is 18.2 Å². The van der Waals surface area contributed by atoms with E-state index in [1.54, 1.807) is 0 Å². The van der Waals surface area contributed by atoms with Crippen LogP contribution in [0.3, 0.4) is 0 Å². The van der Waals surface area contributed by atoms with Crippen LogP contribution in [0.1, 0.15) is 112 Å². The zero-order valence-corrected chi connectivity index (χ0v) is 19.5. The standard InChI is InChI=1S/C24H38N2O6/c1-3-5-7-9-11-13-17-31-23(27)20-15-16-21(22(19-20)25-26(29)30)24(28)32-18-14-12-10-8-6-4-2/h15-16,19,25H,3-14,17-18H2,1-2H3. The number of anilines is 1. The second kappa shape index (κ2) is 17.0. The van der Waals surface area contributed by atoms with Gasteiger partial charge in [-0.15, -0.1) is 5.43 Å². The van der Waals surface area contributed by atoms with Crippen molar-refractivity contribution < 1.29 is 24.1 Å². The normalized spacial score (nSPS) is 10.6. The molecule has 1 aromatic carbocycles. The lowest BCUT2D eigenvalue weighted by atomic mass is 10.1. The molecule has 1 rings (SSSR count). The Morgan fingerprint density at radius 2 is 1.31 bits per heavy atom. The number of hydrogen-bond acceptors (Lipinski definition) is 6. The first-order valence-corrected chi connectivity index (χ1v) is 11.9. The van der Waals surface area contributed by atoms with Gasteiger partial charge in [-0.1, -0.05) is 78.1 Å². The van der Waals surface area contributed by atoms with Gasteiger partial charge in [-0.3, -0.25) is 0 Å². The Balaban J connectivity index is 2.57. The third-order valence-electron chi connectivity index (χ3n) is 5.15. The second-order valence-electron chi connectivity index (χ2n) is 7.94. The van der Waals surface area contributed by atoms with E-state index in [0.29, 0.717) is 6.61 Å². The molecule has 0 fully saturated rings. The second-order valence-corrected chi connectivity index (χ2v) is 7.94. The van der Waals surface area contributed by atoms with Crippen molar-refractivity contribution in [1.82, 2.24) is 0 Å². The predicted molar refractivity (Wildman–Crippen MR) is 124 cm³/mol. The van der Waals surface area contributed by atoms with Crippen LogP contribution in [0.25, 0.3) is 0 Å². The Kier molecular flexibility index (Phi) is 14.5. The number of unbranched alkanes of at least 4 members (excludes halogenated alkanes) is 10. The highest BCUT2D eigenvalue weighted by Gasteiger charge is 2.19. The molecule has 0 atom stereocenters. The van der Waals surface area contributed by atoms with Crippen molar-refractivity contribution in [2.24, 2.45) is 0 Å². The molecule has 1 N–H and O–H groups in total. The van der Waals surface area contributed by atoms with Gasteiger partial charge in [0, 0.05) is 0 Å². The molecule has 180 valence electrons. The van der Waals surface area contributed by atoms with Crippen molar-refractivity contribution in [3.63, 3.8) is 0 Å². The third kappa shape index (κ3) is 11.7. The fourth-order valence-electron chi connectivity index (χ4n) is 3.30.